The normalized spacial score (nSPS) is 30.8. The summed E-state index contributed by atoms with van der Waals surface area (Å²) in [5, 5.41) is 3.41. The highest BCUT2D eigenvalue weighted by Gasteiger charge is 2.26. The van der Waals surface area contributed by atoms with Crippen LogP contribution in [0.3, 0.4) is 0 Å². The van der Waals surface area contributed by atoms with Gasteiger partial charge in [-0.25, -0.2) is 12.7 Å². The molecule has 102 valence electrons. The third kappa shape index (κ3) is 4.23. The van der Waals surface area contributed by atoms with Crippen LogP contribution in [0.1, 0.15) is 33.1 Å². The van der Waals surface area contributed by atoms with Gasteiger partial charge in [0, 0.05) is 26.7 Å². The van der Waals surface area contributed by atoms with Crippen molar-refractivity contribution < 1.29 is 8.42 Å². The van der Waals surface area contributed by atoms with Crippen molar-refractivity contribution in [2.45, 2.75) is 39.2 Å². The highest BCUT2D eigenvalue weighted by Crippen LogP contribution is 2.29. The Morgan fingerprint density at radius 1 is 1.24 bits per heavy atom. The zero-order valence-electron chi connectivity index (χ0n) is 11.4. The molecule has 0 radical (unpaired) electrons. The van der Waals surface area contributed by atoms with Crippen LogP contribution >= 0.6 is 0 Å². The number of nitrogens with zero attached hydrogens (tertiary/aromatic N) is 1. The SMILES string of the molecule is CC1CCCC(NCCS(=O)(=O)N(C)C)C1C. The van der Waals surface area contributed by atoms with Gasteiger partial charge in [-0.05, 0) is 18.3 Å². The molecule has 4 nitrogen and oxygen atoms in total. The van der Waals surface area contributed by atoms with E-state index in [1.54, 1.807) is 14.1 Å². The van der Waals surface area contributed by atoms with Crippen LogP contribution in [0.25, 0.3) is 0 Å². The van der Waals surface area contributed by atoms with Crippen LogP contribution in [0.15, 0.2) is 0 Å². The Balaban J connectivity index is 2.36. The maximum Gasteiger partial charge on any atom is 0.214 e. The minimum atomic E-state index is -3.06. The lowest BCUT2D eigenvalue weighted by molar-refractivity contribution is 0.209. The van der Waals surface area contributed by atoms with Gasteiger partial charge in [0.1, 0.15) is 0 Å². The van der Waals surface area contributed by atoms with Crippen LogP contribution in [0.2, 0.25) is 0 Å². The van der Waals surface area contributed by atoms with Crippen LogP contribution in [0, 0.1) is 11.8 Å². The molecule has 0 spiro atoms. The van der Waals surface area contributed by atoms with Crippen molar-refractivity contribution in [2.24, 2.45) is 11.8 Å². The van der Waals surface area contributed by atoms with Crippen molar-refractivity contribution >= 4 is 10.0 Å². The maximum absolute atomic E-state index is 11.6. The van der Waals surface area contributed by atoms with E-state index in [0.717, 1.165) is 5.92 Å². The fraction of sp³-hybridized carbons (Fsp3) is 1.00. The summed E-state index contributed by atoms with van der Waals surface area (Å²) in [5.41, 5.74) is 0. The van der Waals surface area contributed by atoms with E-state index in [9.17, 15) is 8.42 Å². The van der Waals surface area contributed by atoms with Crippen molar-refractivity contribution in [1.82, 2.24) is 9.62 Å². The first-order chi connectivity index (χ1) is 7.84. The summed E-state index contributed by atoms with van der Waals surface area (Å²) in [6.45, 7) is 5.11. The minimum Gasteiger partial charge on any atom is -0.313 e. The molecule has 1 saturated carbocycles. The van der Waals surface area contributed by atoms with Gasteiger partial charge in [0.15, 0.2) is 0 Å². The highest BCUT2D eigenvalue weighted by molar-refractivity contribution is 7.89. The van der Waals surface area contributed by atoms with E-state index in [1.165, 1.54) is 23.6 Å². The maximum atomic E-state index is 11.6. The Kier molecular flexibility index (Phi) is 5.41. The second-order valence-electron chi connectivity index (χ2n) is 5.43. The van der Waals surface area contributed by atoms with E-state index in [0.29, 0.717) is 18.5 Å². The topological polar surface area (TPSA) is 49.4 Å². The fourth-order valence-corrected chi connectivity index (χ4v) is 3.17. The molecule has 3 atom stereocenters. The van der Waals surface area contributed by atoms with Crippen molar-refractivity contribution in [2.75, 3.05) is 26.4 Å². The Bertz CT molecular complexity index is 327. The largest absolute Gasteiger partial charge is 0.313 e. The molecule has 1 N–H and O–H groups in total. The summed E-state index contributed by atoms with van der Waals surface area (Å²) in [6.07, 6.45) is 3.73. The van der Waals surface area contributed by atoms with Gasteiger partial charge in [0.05, 0.1) is 5.75 Å². The van der Waals surface area contributed by atoms with Gasteiger partial charge < -0.3 is 5.32 Å². The minimum absolute atomic E-state index is 0.192. The van der Waals surface area contributed by atoms with Crippen LogP contribution < -0.4 is 5.32 Å². The second-order valence-corrected chi connectivity index (χ2v) is 7.73. The third-order valence-corrected chi connectivity index (χ3v) is 5.86. The summed E-state index contributed by atoms with van der Waals surface area (Å²) < 4.78 is 24.5. The van der Waals surface area contributed by atoms with E-state index in [4.69, 9.17) is 0 Å². The van der Waals surface area contributed by atoms with Gasteiger partial charge in [-0.3, -0.25) is 0 Å². The molecular weight excluding hydrogens is 236 g/mol. The summed E-state index contributed by atoms with van der Waals surface area (Å²) in [5.74, 6) is 1.58. The molecule has 0 aromatic carbocycles. The molecule has 1 aliphatic carbocycles. The summed E-state index contributed by atoms with van der Waals surface area (Å²) in [7, 11) is 0.109. The highest BCUT2D eigenvalue weighted by atomic mass is 32.2. The molecular formula is C12H26N2O2S. The predicted octanol–water partition coefficient (Wildman–Crippen LogP) is 1.29. The van der Waals surface area contributed by atoms with Gasteiger partial charge in [-0.2, -0.15) is 0 Å². The second kappa shape index (κ2) is 6.16. The zero-order chi connectivity index (χ0) is 13.1. The van der Waals surface area contributed by atoms with E-state index in [1.807, 2.05) is 0 Å². The lowest BCUT2D eigenvalue weighted by atomic mass is 9.78. The number of hydrogen-bond donors (Lipinski definition) is 1. The molecule has 0 aromatic rings. The van der Waals surface area contributed by atoms with E-state index >= 15 is 0 Å². The molecule has 0 amide bonds. The molecule has 3 unspecified atom stereocenters. The predicted molar refractivity (Wildman–Crippen MR) is 71.4 cm³/mol. The number of hydrogen-bond acceptors (Lipinski definition) is 3. The van der Waals surface area contributed by atoms with Gasteiger partial charge in [-0.15, -0.1) is 0 Å². The third-order valence-electron chi connectivity index (χ3n) is 4.03. The molecule has 17 heavy (non-hydrogen) atoms. The smallest absolute Gasteiger partial charge is 0.214 e. The van der Waals surface area contributed by atoms with E-state index < -0.39 is 10.0 Å². The van der Waals surface area contributed by atoms with Crippen LogP contribution in [-0.2, 0) is 10.0 Å². The molecule has 5 heteroatoms. The first kappa shape index (κ1) is 14.9. The molecule has 0 aromatic heterocycles. The van der Waals surface area contributed by atoms with Gasteiger partial charge in [-0.1, -0.05) is 26.7 Å². The monoisotopic (exact) mass is 262 g/mol. The quantitative estimate of drug-likeness (QED) is 0.812. The summed E-state index contributed by atoms with van der Waals surface area (Å²) in [6, 6.07) is 0.483. The van der Waals surface area contributed by atoms with Crippen molar-refractivity contribution in [3.63, 3.8) is 0 Å². The lowest BCUT2D eigenvalue weighted by Gasteiger charge is -2.34. The van der Waals surface area contributed by atoms with Crippen molar-refractivity contribution in [1.29, 1.82) is 0 Å². The fourth-order valence-electron chi connectivity index (χ4n) is 2.43. The van der Waals surface area contributed by atoms with Gasteiger partial charge >= 0.3 is 0 Å². The average Bonchev–Trinajstić information content (AvgIpc) is 2.24. The first-order valence-corrected chi connectivity index (χ1v) is 8.09. The molecule has 1 rings (SSSR count). The number of rotatable bonds is 5. The van der Waals surface area contributed by atoms with Crippen molar-refractivity contribution in [3.8, 4) is 0 Å². The van der Waals surface area contributed by atoms with Crippen LogP contribution in [0.5, 0.6) is 0 Å². The molecule has 1 aliphatic rings. The summed E-state index contributed by atoms with van der Waals surface area (Å²) in [4.78, 5) is 0. The van der Waals surface area contributed by atoms with Crippen LogP contribution in [0.4, 0.5) is 0 Å². The lowest BCUT2D eigenvalue weighted by Crippen LogP contribution is -2.43. The Morgan fingerprint density at radius 2 is 1.88 bits per heavy atom. The Labute approximate surface area is 106 Å². The molecule has 0 bridgehead atoms. The average molecular weight is 262 g/mol. The Morgan fingerprint density at radius 3 is 2.47 bits per heavy atom. The zero-order valence-corrected chi connectivity index (χ0v) is 12.3. The summed E-state index contributed by atoms with van der Waals surface area (Å²) >= 11 is 0. The Hall–Kier alpha value is -0.130. The van der Waals surface area contributed by atoms with Gasteiger partial charge in [0.25, 0.3) is 0 Å². The number of sulfonamides is 1. The molecule has 0 saturated heterocycles. The number of nitrogens with one attached hydrogen (secondary N) is 1. The molecule has 1 fully saturated rings. The molecule has 0 heterocycles. The van der Waals surface area contributed by atoms with Crippen LogP contribution in [-0.4, -0.2) is 45.2 Å². The van der Waals surface area contributed by atoms with E-state index in [-0.39, 0.29) is 5.75 Å². The van der Waals surface area contributed by atoms with Crippen molar-refractivity contribution in [3.05, 3.63) is 0 Å². The van der Waals surface area contributed by atoms with Gasteiger partial charge in [0.2, 0.25) is 10.0 Å². The standard InChI is InChI=1S/C12H26N2O2S/c1-10-6-5-7-12(11(10)2)13-8-9-17(15,16)14(3)4/h10-13H,5-9H2,1-4H3. The van der Waals surface area contributed by atoms with E-state index in [2.05, 4.69) is 19.2 Å². The first-order valence-electron chi connectivity index (χ1n) is 6.48. The molecule has 0 aliphatic heterocycles.